The number of hydrogen-bond acceptors (Lipinski definition) is 3. The fraction of sp³-hybridized carbons (Fsp3) is 0.286. The number of benzene rings is 3. The van der Waals surface area contributed by atoms with Crippen molar-refractivity contribution in [3.63, 3.8) is 0 Å². The molecule has 0 saturated carbocycles. The predicted octanol–water partition coefficient (Wildman–Crippen LogP) is 5.71. The van der Waals surface area contributed by atoms with E-state index in [0.717, 1.165) is 12.0 Å². The topological polar surface area (TPSA) is 58.6 Å². The summed E-state index contributed by atoms with van der Waals surface area (Å²) in [5.74, 6) is 0.0440. The van der Waals surface area contributed by atoms with E-state index >= 15 is 0 Å². The van der Waals surface area contributed by atoms with Gasteiger partial charge in [0.2, 0.25) is 5.91 Å². The lowest BCUT2D eigenvalue weighted by Gasteiger charge is -2.31. The molecule has 0 aliphatic heterocycles. The second-order valence-corrected chi connectivity index (χ2v) is 8.99. The molecule has 0 heterocycles. The summed E-state index contributed by atoms with van der Waals surface area (Å²) < 4.78 is 5.80. The van der Waals surface area contributed by atoms with Crippen LogP contribution < -0.4 is 10.1 Å². The highest BCUT2D eigenvalue weighted by Crippen LogP contribution is 2.24. The van der Waals surface area contributed by atoms with Gasteiger partial charge in [0.05, 0.1) is 0 Å². The molecule has 5 nitrogen and oxygen atoms in total. The van der Waals surface area contributed by atoms with Crippen LogP contribution in [0.15, 0.2) is 72.8 Å². The molecule has 1 N–H and O–H groups in total. The minimum atomic E-state index is -0.748. The third kappa shape index (κ3) is 7.74. The molecule has 1 atom stereocenters. The van der Waals surface area contributed by atoms with Crippen LogP contribution in [0, 0.1) is 0 Å². The van der Waals surface area contributed by atoms with Crippen LogP contribution in [0.4, 0.5) is 0 Å². The number of amides is 2. The van der Waals surface area contributed by atoms with Gasteiger partial charge < -0.3 is 15.0 Å². The number of halogens is 2. The summed E-state index contributed by atoms with van der Waals surface area (Å²) in [5, 5.41) is 3.80. The number of rotatable bonds is 11. The summed E-state index contributed by atoms with van der Waals surface area (Å²) in [6, 6.07) is 21.6. The van der Waals surface area contributed by atoms with Crippen LogP contribution in [0.1, 0.15) is 30.5 Å². The van der Waals surface area contributed by atoms with E-state index in [9.17, 15) is 9.59 Å². The van der Waals surface area contributed by atoms with Gasteiger partial charge in [-0.05, 0) is 54.3 Å². The summed E-state index contributed by atoms with van der Waals surface area (Å²) in [6.07, 6.45) is 1.28. The molecule has 35 heavy (non-hydrogen) atoms. The second kappa shape index (κ2) is 13.2. The molecular weight excluding hydrogens is 483 g/mol. The summed E-state index contributed by atoms with van der Waals surface area (Å²) in [6.45, 7) is 4.31. The van der Waals surface area contributed by atoms with E-state index in [1.807, 2.05) is 61.5 Å². The Kier molecular flexibility index (Phi) is 10.0. The van der Waals surface area contributed by atoms with E-state index in [1.54, 1.807) is 18.2 Å². The van der Waals surface area contributed by atoms with Crippen LogP contribution >= 0.6 is 23.2 Å². The number of nitrogens with zero attached hydrogens (tertiary/aromatic N) is 1. The maximum absolute atomic E-state index is 13.5. The Labute approximate surface area is 217 Å². The monoisotopic (exact) mass is 512 g/mol. The van der Waals surface area contributed by atoms with Gasteiger partial charge in [-0.3, -0.25) is 9.59 Å². The van der Waals surface area contributed by atoms with Gasteiger partial charge in [0.25, 0.3) is 5.91 Å². The first kappa shape index (κ1) is 26.6. The number of hydrogen-bond donors (Lipinski definition) is 1. The molecule has 7 heteroatoms. The Morgan fingerprint density at radius 1 is 0.943 bits per heavy atom. The first-order chi connectivity index (χ1) is 16.9. The van der Waals surface area contributed by atoms with Gasteiger partial charge in [0.1, 0.15) is 11.8 Å². The maximum atomic E-state index is 13.5. The third-order valence-electron chi connectivity index (χ3n) is 5.67. The molecule has 3 aromatic carbocycles. The number of carbonyl (C=O) groups excluding carboxylic acids is 2. The Morgan fingerprint density at radius 3 is 2.29 bits per heavy atom. The fourth-order valence-corrected chi connectivity index (χ4v) is 4.20. The van der Waals surface area contributed by atoms with E-state index in [4.69, 9.17) is 27.9 Å². The first-order valence-electron chi connectivity index (χ1n) is 11.7. The van der Waals surface area contributed by atoms with Crippen molar-refractivity contribution in [3.8, 4) is 5.75 Å². The van der Waals surface area contributed by atoms with Crippen LogP contribution in [0.25, 0.3) is 0 Å². The van der Waals surface area contributed by atoms with Gasteiger partial charge in [-0.1, -0.05) is 78.7 Å². The van der Waals surface area contributed by atoms with E-state index < -0.39 is 6.04 Å². The highest BCUT2D eigenvalue weighted by atomic mass is 35.5. The zero-order valence-electron chi connectivity index (χ0n) is 20.0. The molecule has 2 amide bonds. The molecule has 3 aromatic rings. The smallest absolute Gasteiger partial charge is 0.261 e. The van der Waals surface area contributed by atoms with Gasteiger partial charge in [0.15, 0.2) is 6.61 Å². The zero-order valence-corrected chi connectivity index (χ0v) is 21.5. The Hall–Kier alpha value is -3.02. The molecule has 0 spiro atoms. The van der Waals surface area contributed by atoms with Gasteiger partial charge >= 0.3 is 0 Å². The Bertz CT molecular complexity index is 1120. The molecule has 1 unspecified atom stereocenters. The molecule has 3 rings (SSSR count). The van der Waals surface area contributed by atoms with Crippen molar-refractivity contribution >= 4 is 35.0 Å². The van der Waals surface area contributed by atoms with Gasteiger partial charge in [-0.15, -0.1) is 0 Å². The number of likely N-dealkylation sites (N-methyl/N-ethyl adjacent to an activating group) is 1. The van der Waals surface area contributed by atoms with Crippen molar-refractivity contribution in [2.75, 3.05) is 13.2 Å². The van der Waals surface area contributed by atoms with Crippen LogP contribution in [0.3, 0.4) is 0 Å². The minimum Gasteiger partial charge on any atom is -0.484 e. The SMILES string of the molecule is CCNC(=O)C(Cc1ccccc1)N(Cc1ccc(Cl)cc1Cl)C(=O)COc1ccc(CC)cc1. The summed E-state index contributed by atoms with van der Waals surface area (Å²) in [4.78, 5) is 28.2. The number of ether oxygens (including phenoxy) is 1. The van der Waals surface area contributed by atoms with E-state index in [0.29, 0.717) is 34.3 Å². The van der Waals surface area contributed by atoms with Crippen molar-refractivity contribution in [1.82, 2.24) is 10.2 Å². The standard InChI is InChI=1S/C28H30Cl2N2O3/c1-3-20-10-14-24(15-11-20)35-19-27(33)32(18-22-12-13-23(29)17-25(22)30)26(28(34)31-4-2)16-21-8-6-5-7-9-21/h5-15,17,26H,3-4,16,18-19H2,1-2H3,(H,31,34). The molecule has 0 bridgehead atoms. The van der Waals surface area contributed by atoms with Crippen LogP contribution in [0.5, 0.6) is 5.75 Å². The predicted molar refractivity (Wildman–Crippen MR) is 141 cm³/mol. The average Bonchev–Trinajstić information content (AvgIpc) is 2.87. The maximum Gasteiger partial charge on any atom is 0.261 e. The normalized spacial score (nSPS) is 11.5. The fourth-order valence-electron chi connectivity index (χ4n) is 3.73. The van der Waals surface area contributed by atoms with Crippen molar-refractivity contribution in [2.24, 2.45) is 0 Å². The van der Waals surface area contributed by atoms with E-state index in [-0.39, 0.29) is 25.0 Å². The summed E-state index contributed by atoms with van der Waals surface area (Å²) in [5.41, 5.74) is 2.82. The molecule has 0 saturated heterocycles. The zero-order chi connectivity index (χ0) is 25.2. The van der Waals surface area contributed by atoms with Crippen molar-refractivity contribution in [1.29, 1.82) is 0 Å². The van der Waals surface area contributed by atoms with Crippen LogP contribution in [0.2, 0.25) is 10.0 Å². The molecule has 0 aliphatic rings. The van der Waals surface area contributed by atoms with Gasteiger partial charge in [-0.2, -0.15) is 0 Å². The molecule has 0 aliphatic carbocycles. The van der Waals surface area contributed by atoms with E-state index in [1.165, 1.54) is 10.5 Å². The van der Waals surface area contributed by atoms with Gasteiger partial charge in [-0.25, -0.2) is 0 Å². The van der Waals surface area contributed by atoms with Gasteiger partial charge in [0, 0.05) is 29.6 Å². The lowest BCUT2D eigenvalue weighted by molar-refractivity contribution is -0.142. The lowest BCUT2D eigenvalue weighted by Crippen LogP contribution is -2.51. The molecule has 184 valence electrons. The molecule has 0 radical (unpaired) electrons. The van der Waals surface area contributed by atoms with E-state index in [2.05, 4.69) is 12.2 Å². The van der Waals surface area contributed by atoms with Crippen LogP contribution in [-0.2, 0) is 29.0 Å². The molecule has 0 fully saturated rings. The number of aryl methyl sites for hydroxylation is 1. The van der Waals surface area contributed by atoms with Crippen molar-refractivity contribution < 1.29 is 14.3 Å². The first-order valence-corrected chi connectivity index (χ1v) is 12.4. The van der Waals surface area contributed by atoms with Crippen molar-refractivity contribution in [3.05, 3.63) is 99.5 Å². The second-order valence-electron chi connectivity index (χ2n) is 8.14. The number of nitrogens with one attached hydrogen (secondary N) is 1. The Balaban J connectivity index is 1.89. The molecular formula is C28H30Cl2N2O3. The van der Waals surface area contributed by atoms with Crippen LogP contribution in [-0.4, -0.2) is 35.9 Å². The minimum absolute atomic E-state index is 0.140. The summed E-state index contributed by atoms with van der Waals surface area (Å²) in [7, 11) is 0. The average molecular weight is 513 g/mol. The third-order valence-corrected chi connectivity index (χ3v) is 6.26. The quantitative estimate of drug-likeness (QED) is 0.357. The lowest BCUT2D eigenvalue weighted by atomic mass is 10.0. The Morgan fingerprint density at radius 2 is 1.66 bits per heavy atom. The highest BCUT2D eigenvalue weighted by molar-refractivity contribution is 6.35. The highest BCUT2D eigenvalue weighted by Gasteiger charge is 2.31. The molecule has 0 aromatic heterocycles. The van der Waals surface area contributed by atoms with Crippen molar-refractivity contribution in [2.45, 2.75) is 39.3 Å². The summed E-state index contributed by atoms with van der Waals surface area (Å²) >= 11 is 12.5. The number of carbonyl (C=O) groups is 2. The largest absolute Gasteiger partial charge is 0.484 e.